The molecule has 3 aromatic rings. The Morgan fingerprint density at radius 2 is 1.57 bits per heavy atom. The summed E-state index contributed by atoms with van der Waals surface area (Å²) in [5.41, 5.74) is 1.07. The molecule has 2 heterocycles. The second kappa shape index (κ2) is 16.6. The Kier molecular flexibility index (Phi) is 12.5. The molecule has 272 valence electrons. The van der Waals surface area contributed by atoms with Gasteiger partial charge in [0.25, 0.3) is 0 Å². The minimum Gasteiger partial charge on any atom is -0.495 e. The molecule has 1 aromatic heterocycles. The van der Waals surface area contributed by atoms with Gasteiger partial charge >= 0.3 is 18.2 Å². The molecule has 1 unspecified atom stereocenters. The molecule has 4 rings (SSSR count). The van der Waals surface area contributed by atoms with Gasteiger partial charge in [-0.15, -0.1) is 0 Å². The van der Waals surface area contributed by atoms with Crippen molar-refractivity contribution in [3.63, 3.8) is 0 Å². The number of hydrogen-bond acceptors (Lipinski definition) is 10. The van der Waals surface area contributed by atoms with Crippen molar-refractivity contribution in [3.05, 3.63) is 71.7 Å². The second-order valence-electron chi connectivity index (χ2n) is 13.9. The number of rotatable bonds is 9. The van der Waals surface area contributed by atoms with E-state index in [1.165, 1.54) is 24.4 Å². The normalized spacial score (nSPS) is 13.8. The number of carbonyl (C=O) groups is 3. The van der Waals surface area contributed by atoms with Gasteiger partial charge in [0.15, 0.2) is 11.5 Å². The van der Waals surface area contributed by atoms with Crippen molar-refractivity contribution in [3.8, 4) is 11.8 Å². The van der Waals surface area contributed by atoms with E-state index >= 15 is 0 Å². The molecule has 15 heteroatoms. The van der Waals surface area contributed by atoms with Gasteiger partial charge in [-0.3, -0.25) is 10.2 Å². The number of amides is 4. The number of nitrogens with one attached hydrogen (secondary N) is 2. The molecule has 1 aliphatic rings. The van der Waals surface area contributed by atoms with E-state index in [-0.39, 0.29) is 30.6 Å². The van der Waals surface area contributed by atoms with Crippen LogP contribution >= 0.6 is 11.6 Å². The van der Waals surface area contributed by atoms with Crippen LogP contribution in [0.1, 0.15) is 58.4 Å². The van der Waals surface area contributed by atoms with E-state index in [2.05, 4.69) is 25.5 Å². The topological polar surface area (TPSA) is 162 Å². The van der Waals surface area contributed by atoms with Gasteiger partial charge in [0, 0.05) is 38.3 Å². The van der Waals surface area contributed by atoms with Crippen LogP contribution in [0.2, 0.25) is 0 Å². The van der Waals surface area contributed by atoms with Crippen LogP contribution in [0.15, 0.2) is 54.9 Å². The molecule has 0 saturated carbocycles. The van der Waals surface area contributed by atoms with Gasteiger partial charge in [-0.05, 0) is 76.9 Å². The van der Waals surface area contributed by atoms with E-state index in [0.29, 0.717) is 37.6 Å². The molecule has 51 heavy (non-hydrogen) atoms. The predicted molar refractivity (Wildman–Crippen MR) is 194 cm³/mol. The van der Waals surface area contributed by atoms with Gasteiger partial charge in [-0.2, -0.15) is 5.26 Å². The van der Waals surface area contributed by atoms with E-state index < -0.39 is 28.8 Å². The number of urea groups is 1. The van der Waals surface area contributed by atoms with Crippen LogP contribution in [0.3, 0.4) is 0 Å². The number of nitriles is 1. The Labute approximate surface area is 303 Å². The lowest BCUT2D eigenvalue weighted by molar-refractivity contribution is 0.0202. The van der Waals surface area contributed by atoms with Crippen LogP contribution in [-0.2, 0) is 22.4 Å². The molecule has 1 fully saturated rings. The summed E-state index contributed by atoms with van der Waals surface area (Å²) in [7, 11) is 1.48. The maximum absolute atomic E-state index is 13.4. The number of piperazine rings is 1. The molecule has 0 bridgehead atoms. The first-order valence-electron chi connectivity index (χ1n) is 16.5. The van der Waals surface area contributed by atoms with Gasteiger partial charge in [0.2, 0.25) is 0 Å². The first-order chi connectivity index (χ1) is 24.0. The number of methoxy groups -OCH3 is 1. The lowest BCUT2D eigenvalue weighted by atomic mass is 10.1. The largest absolute Gasteiger partial charge is 0.495 e. The van der Waals surface area contributed by atoms with Crippen LogP contribution in [-0.4, -0.2) is 88.0 Å². The van der Waals surface area contributed by atoms with Crippen LogP contribution in [0.25, 0.3) is 0 Å². The number of anilines is 3. The van der Waals surface area contributed by atoms with Crippen LogP contribution < -0.4 is 20.3 Å². The van der Waals surface area contributed by atoms with Crippen molar-refractivity contribution in [1.82, 2.24) is 19.8 Å². The van der Waals surface area contributed by atoms with E-state index in [1.807, 2.05) is 51.1 Å². The lowest BCUT2D eigenvalue weighted by Gasteiger charge is -2.37. The molecule has 4 amide bonds. The Bertz CT molecular complexity index is 1710. The zero-order chi connectivity index (χ0) is 37.3. The highest BCUT2D eigenvalue weighted by Crippen LogP contribution is 2.29. The molecule has 1 aliphatic heterocycles. The molecule has 1 atom stereocenters. The molecular weight excluding hydrogens is 676 g/mol. The Balaban J connectivity index is 1.41. The Morgan fingerprint density at radius 3 is 2.14 bits per heavy atom. The summed E-state index contributed by atoms with van der Waals surface area (Å²) in [5, 5.41) is 14.1. The Morgan fingerprint density at radius 1 is 0.922 bits per heavy atom. The first-order valence-corrected chi connectivity index (χ1v) is 16.9. The summed E-state index contributed by atoms with van der Waals surface area (Å²) in [4.78, 5) is 51.8. The second-order valence-corrected chi connectivity index (χ2v) is 14.4. The van der Waals surface area contributed by atoms with Crippen molar-refractivity contribution in [2.75, 3.05) is 48.8 Å². The zero-order valence-electron chi connectivity index (χ0n) is 30.0. The van der Waals surface area contributed by atoms with Crippen molar-refractivity contribution < 1.29 is 28.6 Å². The number of carbonyl (C=O) groups excluding carboxylic acids is 3. The number of ether oxygens (including phenoxy) is 3. The van der Waals surface area contributed by atoms with Crippen LogP contribution in [0.5, 0.6) is 5.75 Å². The average Bonchev–Trinajstić information content (AvgIpc) is 3.07. The monoisotopic (exact) mass is 720 g/mol. The van der Waals surface area contributed by atoms with Gasteiger partial charge < -0.3 is 29.3 Å². The van der Waals surface area contributed by atoms with Crippen LogP contribution in [0, 0.1) is 11.3 Å². The number of hydrogen-bond donors (Lipinski definition) is 2. The van der Waals surface area contributed by atoms with Crippen molar-refractivity contribution in [1.29, 1.82) is 5.26 Å². The van der Waals surface area contributed by atoms with Crippen LogP contribution in [0.4, 0.5) is 31.6 Å². The molecule has 0 radical (unpaired) electrons. The minimum absolute atomic E-state index is 0.127. The third-order valence-corrected chi connectivity index (χ3v) is 7.87. The standard InChI is InChI=1S/C36H45ClN8O6/c1-35(2,3)50-33(47)44-16-14-43(15-17-44)27-11-8-24(9-12-27)23-45(34(48)51-36(4,5)6)30(37)19-25-10-13-28(29(18-25)49-7)41-32(46)42-31-22-39-26(20-38)21-40-31/h8-13,18,21-22,30H,14-17,19,23H2,1-7H3,(H2,40,41,42,46). The zero-order valence-corrected chi connectivity index (χ0v) is 30.8. The van der Waals surface area contributed by atoms with E-state index in [9.17, 15) is 14.4 Å². The van der Waals surface area contributed by atoms with E-state index in [4.69, 9.17) is 31.1 Å². The number of halogens is 1. The molecule has 0 spiro atoms. The summed E-state index contributed by atoms with van der Waals surface area (Å²) >= 11 is 6.94. The third-order valence-electron chi connectivity index (χ3n) is 7.48. The summed E-state index contributed by atoms with van der Waals surface area (Å²) in [6.45, 7) is 13.6. The number of aromatic nitrogens is 2. The number of nitrogens with zero attached hydrogens (tertiary/aromatic N) is 6. The summed E-state index contributed by atoms with van der Waals surface area (Å²) in [6, 6.07) is 14.4. The Hall–Kier alpha value is -5.29. The first kappa shape index (κ1) is 38.5. The van der Waals surface area contributed by atoms with Gasteiger partial charge in [0.05, 0.1) is 31.7 Å². The maximum atomic E-state index is 13.4. The molecule has 0 aliphatic carbocycles. The van der Waals surface area contributed by atoms with E-state index in [0.717, 1.165) is 16.8 Å². The van der Waals surface area contributed by atoms with Gasteiger partial charge in [0.1, 0.15) is 28.5 Å². The smallest absolute Gasteiger partial charge is 0.411 e. The molecule has 2 aromatic carbocycles. The molecule has 2 N–H and O–H groups in total. The fourth-order valence-corrected chi connectivity index (χ4v) is 5.40. The average molecular weight is 721 g/mol. The number of alkyl halides is 1. The van der Waals surface area contributed by atoms with Crippen molar-refractivity contribution in [2.24, 2.45) is 0 Å². The van der Waals surface area contributed by atoms with E-state index in [1.54, 1.807) is 43.9 Å². The molecule has 1 saturated heterocycles. The summed E-state index contributed by atoms with van der Waals surface area (Å²) < 4.78 is 16.8. The summed E-state index contributed by atoms with van der Waals surface area (Å²) in [5.74, 6) is 0.547. The summed E-state index contributed by atoms with van der Waals surface area (Å²) in [6.07, 6.45) is 1.92. The highest BCUT2D eigenvalue weighted by molar-refractivity contribution is 6.21. The SMILES string of the molecule is COc1cc(CC(Cl)N(Cc2ccc(N3CCN(C(=O)OC(C)(C)C)CC3)cc2)C(=O)OC(C)(C)C)ccc1NC(=O)Nc1cnc(C#N)cn1. The highest BCUT2D eigenvalue weighted by Gasteiger charge is 2.29. The van der Waals surface area contributed by atoms with Crippen molar-refractivity contribution in [2.45, 2.75) is 71.2 Å². The lowest BCUT2D eigenvalue weighted by Crippen LogP contribution is -2.50. The quantitative estimate of drug-likeness (QED) is 0.182. The molecular formula is C36H45ClN8O6. The van der Waals surface area contributed by atoms with Gasteiger partial charge in [-0.25, -0.2) is 24.4 Å². The van der Waals surface area contributed by atoms with Crippen molar-refractivity contribution >= 4 is 47.0 Å². The molecule has 14 nitrogen and oxygen atoms in total. The predicted octanol–water partition coefficient (Wildman–Crippen LogP) is 6.60. The third kappa shape index (κ3) is 11.6. The van der Waals surface area contributed by atoms with Gasteiger partial charge in [-0.1, -0.05) is 29.8 Å². The fourth-order valence-electron chi connectivity index (χ4n) is 5.07. The highest BCUT2D eigenvalue weighted by atomic mass is 35.5. The maximum Gasteiger partial charge on any atom is 0.411 e. The minimum atomic E-state index is -0.790. The number of benzene rings is 2. The fraction of sp³-hybridized carbons (Fsp3) is 0.444.